The highest BCUT2D eigenvalue weighted by atomic mass is 35.5. The number of nitrogens with one attached hydrogen (secondary N) is 1. The van der Waals surface area contributed by atoms with Gasteiger partial charge < -0.3 is 14.6 Å². The van der Waals surface area contributed by atoms with Crippen molar-refractivity contribution >= 4 is 38.2 Å². The lowest BCUT2D eigenvalue weighted by Gasteiger charge is -2.17. The quantitative estimate of drug-likeness (QED) is 0.455. The van der Waals surface area contributed by atoms with E-state index in [1.165, 1.54) is 36.3 Å². The molecular weight excluding hydrogens is 472 g/mol. The summed E-state index contributed by atoms with van der Waals surface area (Å²) in [6, 6.07) is 1.41. The first kappa shape index (κ1) is 23.1. The van der Waals surface area contributed by atoms with E-state index in [-0.39, 0.29) is 35.6 Å². The number of nitrogens with zero attached hydrogens (tertiary/aromatic N) is 5. The number of fused-ring (bicyclic) bond motifs is 1. The van der Waals surface area contributed by atoms with Crippen molar-refractivity contribution in [2.75, 3.05) is 12.4 Å². The van der Waals surface area contributed by atoms with Gasteiger partial charge in [0.25, 0.3) is 17.3 Å². The number of rotatable bonds is 8. The molecule has 3 aromatic heterocycles. The Morgan fingerprint density at radius 3 is 2.61 bits per heavy atom. The lowest BCUT2D eigenvalue weighted by Crippen LogP contribution is -2.33. The van der Waals surface area contributed by atoms with Crippen LogP contribution in [0.25, 0.3) is 10.9 Å². The second-order valence-corrected chi connectivity index (χ2v) is 10.8. The summed E-state index contributed by atoms with van der Waals surface area (Å²) in [5.41, 5.74) is 0.281. The van der Waals surface area contributed by atoms with E-state index in [1.807, 2.05) is 0 Å². The van der Waals surface area contributed by atoms with Crippen LogP contribution in [0.1, 0.15) is 35.7 Å². The highest BCUT2D eigenvalue weighted by Crippen LogP contribution is 2.44. The van der Waals surface area contributed by atoms with Gasteiger partial charge in [0.05, 0.1) is 6.20 Å². The molecule has 1 saturated carbocycles. The molecule has 0 unspecified atom stereocenters. The van der Waals surface area contributed by atoms with Gasteiger partial charge in [-0.25, -0.2) is 18.4 Å². The van der Waals surface area contributed by atoms with Crippen molar-refractivity contribution in [3.8, 4) is 5.88 Å². The molecule has 3 heterocycles. The average molecular weight is 493 g/mol. The molecule has 0 atom stereocenters. The minimum atomic E-state index is -3.29. The van der Waals surface area contributed by atoms with Gasteiger partial charge in [-0.05, 0) is 30.5 Å². The minimum Gasteiger partial charge on any atom is -0.473 e. The fourth-order valence-electron chi connectivity index (χ4n) is 3.48. The molecule has 11 nitrogen and oxygen atoms in total. The van der Waals surface area contributed by atoms with E-state index in [9.17, 15) is 18.0 Å². The first-order valence-electron chi connectivity index (χ1n) is 10.1. The summed E-state index contributed by atoms with van der Waals surface area (Å²) in [7, 11) is -1.80. The first-order valence-corrected chi connectivity index (χ1v) is 12.2. The monoisotopic (exact) mass is 492 g/mol. The summed E-state index contributed by atoms with van der Waals surface area (Å²) >= 11 is 5.65. The summed E-state index contributed by atoms with van der Waals surface area (Å²) in [4.78, 5) is 33.3. The molecule has 3 aromatic rings. The van der Waals surface area contributed by atoms with Crippen LogP contribution in [0, 0.1) is 0 Å². The van der Waals surface area contributed by atoms with E-state index in [2.05, 4.69) is 25.5 Å². The van der Waals surface area contributed by atoms with Gasteiger partial charge >= 0.3 is 0 Å². The van der Waals surface area contributed by atoms with Crippen LogP contribution < -0.4 is 15.6 Å². The average Bonchev–Trinajstić information content (AvgIpc) is 3.61. The van der Waals surface area contributed by atoms with Crippen molar-refractivity contribution < 1.29 is 17.9 Å². The van der Waals surface area contributed by atoms with Crippen LogP contribution in [-0.2, 0) is 23.4 Å². The SMILES string of the molecule is CCS(=O)(=O)C1(COc2nncc3cc(C(=O)NCc4cnc(Cl)nc4)c(=O)n(C)c23)CC1. The molecule has 4 rings (SSSR count). The van der Waals surface area contributed by atoms with Gasteiger partial charge in [0, 0.05) is 42.7 Å². The van der Waals surface area contributed by atoms with E-state index in [0.29, 0.717) is 29.3 Å². The molecule has 0 radical (unpaired) electrons. The Kier molecular flexibility index (Phi) is 6.06. The van der Waals surface area contributed by atoms with Crippen LogP contribution in [-0.4, -0.2) is 56.2 Å². The summed E-state index contributed by atoms with van der Waals surface area (Å²) in [5.74, 6) is -0.524. The lowest BCUT2D eigenvalue weighted by molar-refractivity contribution is 0.0949. The number of hydrogen-bond acceptors (Lipinski definition) is 9. The number of pyridine rings is 1. The van der Waals surface area contributed by atoms with Gasteiger partial charge in [-0.2, -0.15) is 5.10 Å². The van der Waals surface area contributed by atoms with E-state index in [0.717, 1.165) is 0 Å². The van der Waals surface area contributed by atoms with Crippen LogP contribution in [0.4, 0.5) is 0 Å². The van der Waals surface area contributed by atoms with Crippen LogP contribution in [0.15, 0.2) is 29.5 Å². The third-order valence-corrected chi connectivity index (χ3v) is 8.48. The van der Waals surface area contributed by atoms with Crippen LogP contribution in [0.5, 0.6) is 5.88 Å². The van der Waals surface area contributed by atoms with Crippen LogP contribution in [0.3, 0.4) is 0 Å². The fraction of sp³-hybridized carbons (Fsp3) is 0.400. The Labute approximate surface area is 194 Å². The molecular formula is C20H21ClN6O5S. The minimum absolute atomic E-state index is 0.0245. The standard InChI is InChI=1S/C20H21ClN6O5S/c1-3-33(30,31)20(4-5-20)11-32-17-15-13(10-25-26-17)6-14(18(29)27(15)2)16(28)22-7-12-8-23-19(21)24-9-12/h6,8-10H,3-5,7,11H2,1-2H3,(H,22,28). The van der Waals surface area contributed by atoms with Crippen molar-refractivity contribution in [3.63, 3.8) is 0 Å². The second-order valence-electron chi connectivity index (χ2n) is 7.79. The number of ether oxygens (including phenoxy) is 1. The highest BCUT2D eigenvalue weighted by molar-refractivity contribution is 7.93. The maximum atomic E-state index is 12.9. The number of carbonyl (C=O) groups is 1. The molecule has 1 aliphatic rings. The Bertz CT molecular complexity index is 1390. The molecule has 0 spiro atoms. The molecule has 33 heavy (non-hydrogen) atoms. The second kappa shape index (κ2) is 8.67. The Morgan fingerprint density at radius 1 is 1.27 bits per heavy atom. The predicted octanol–water partition coefficient (Wildman–Crippen LogP) is 1.05. The van der Waals surface area contributed by atoms with Crippen molar-refractivity contribution in [1.29, 1.82) is 0 Å². The number of aryl methyl sites for hydroxylation is 1. The van der Waals surface area contributed by atoms with Crippen LogP contribution >= 0.6 is 11.6 Å². The lowest BCUT2D eigenvalue weighted by atomic mass is 10.2. The summed E-state index contributed by atoms with van der Waals surface area (Å²) < 4.78 is 30.8. The number of amides is 1. The number of halogens is 1. The molecule has 0 bridgehead atoms. The normalized spacial score (nSPS) is 14.8. The van der Waals surface area contributed by atoms with E-state index in [1.54, 1.807) is 6.92 Å². The van der Waals surface area contributed by atoms with Crippen molar-refractivity contribution in [2.24, 2.45) is 7.05 Å². The maximum absolute atomic E-state index is 12.9. The van der Waals surface area contributed by atoms with Gasteiger partial charge in [-0.15, -0.1) is 5.10 Å². The predicted molar refractivity (Wildman–Crippen MR) is 120 cm³/mol. The largest absolute Gasteiger partial charge is 0.473 e. The van der Waals surface area contributed by atoms with Crippen molar-refractivity contribution in [1.82, 2.24) is 30.0 Å². The molecule has 1 N–H and O–H groups in total. The van der Waals surface area contributed by atoms with Gasteiger partial charge in [0.1, 0.15) is 22.4 Å². The number of hydrogen-bond donors (Lipinski definition) is 1. The van der Waals surface area contributed by atoms with Crippen molar-refractivity contribution in [3.05, 3.63) is 51.4 Å². The van der Waals surface area contributed by atoms with E-state index < -0.39 is 26.1 Å². The molecule has 0 aromatic carbocycles. The summed E-state index contributed by atoms with van der Waals surface area (Å²) in [5, 5.41) is 11.0. The van der Waals surface area contributed by atoms with E-state index in [4.69, 9.17) is 16.3 Å². The Balaban J connectivity index is 1.59. The number of sulfone groups is 1. The smallest absolute Gasteiger partial charge is 0.263 e. The molecule has 1 fully saturated rings. The first-order chi connectivity index (χ1) is 15.7. The third-order valence-electron chi connectivity index (χ3n) is 5.68. The molecule has 13 heteroatoms. The van der Waals surface area contributed by atoms with Gasteiger partial charge in [0.15, 0.2) is 9.84 Å². The zero-order valence-corrected chi connectivity index (χ0v) is 19.5. The zero-order valence-electron chi connectivity index (χ0n) is 17.9. The number of carbonyl (C=O) groups excluding carboxylic acids is 1. The maximum Gasteiger partial charge on any atom is 0.263 e. The van der Waals surface area contributed by atoms with Crippen LogP contribution in [0.2, 0.25) is 5.28 Å². The molecule has 0 aliphatic heterocycles. The Hall–Kier alpha value is -3.12. The van der Waals surface area contributed by atoms with E-state index >= 15 is 0 Å². The van der Waals surface area contributed by atoms with Crippen molar-refractivity contribution in [2.45, 2.75) is 31.1 Å². The molecule has 0 saturated heterocycles. The molecule has 1 aliphatic carbocycles. The Morgan fingerprint density at radius 2 is 1.97 bits per heavy atom. The molecule has 1 amide bonds. The van der Waals surface area contributed by atoms with Gasteiger partial charge in [-0.1, -0.05) is 6.92 Å². The highest BCUT2D eigenvalue weighted by Gasteiger charge is 2.54. The molecule has 174 valence electrons. The fourth-order valence-corrected chi connectivity index (χ4v) is 5.15. The summed E-state index contributed by atoms with van der Waals surface area (Å²) in [6.45, 7) is 1.63. The van der Waals surface area contributed by atoms with Gasteiger partial charge in [-0.3, -0.25) is 9.59 Å². The third kappa shape index (κ3) is 4.40. The zero-order chi connectivity index (χ0) is 23.8. The van der Waals surface area contributed by atoms with Gasteiger partial charge in [0.2, 0.25) is 5.28 Å². The topological polar surface area (TPSA) is 146 Å². The number of aromatic nitrogens is 5. The summed E-state index contributed by atoms with van der Waals surface area (Å²) in [6.07, 6.45) is 5.38.